The van der Waals surface area contributed by atoms with Gasteiger partial charge in [0.1, 0.15) is 0 Å². The zero-order valence-electron chi connectivity index (χ0n) is 14.4. The molecule has 0 bridgehead atoms. The molecule has 24 heavy (non-hydrogen) atoms. The minimum Gasteiger partial charge on any atom is -0.341 e. The van der Waals surface area contributed by atoms with E-state index < -0.39 is 0 Å². The predicted molar refractivity (Wildman–Crippen MR) is 96.2 cm³/mol. The number of carbonyl (C=O) groups is 1. The molecule has 1 amide bonds. The molecule has 0 aliphatic carbocycles. The second-order valence-corrected chi connectivity index (χ2v) is 6.61. The fourth-order valence-corrected chi connectivity index (χ4v) is 3.23. The van der Waals surface area contributed by atoms with Crippen LogP contribution in [0.2, 0.25) is 0 Å². The van der Waals surface area contributed by atoms with Gasteiger partial charge in [-0.15, -0.1) is 5.10 Å². The second-order valence-electron chi connectivity index (χ2n) is 5.67. The van der Waals surface area contributed by atoms with Crippen LogP contribution in [0.3, 0.4) is 0 Å². The van der Waals surface area contributed by atoms with E-state index in [0.29, 0.717) is 18.2 Å². The van der Waals surface area contributed by atoms with Gasteiger partial charge in [-0.3, -0.25) is 9.36 Å². The number of hydrogen-bond acceptors (Lipinski definition) is 4. The van der Waals surface area contributed by atoms with E-state index in [0.717, 1.165) is 18.4 Å². The van der Waals surface area contributed by atoms with E-state index in [-0.39, 0.29) is 17.3 Å². The molecule has 130 valence electrons. The van der Waals surface area contributed by atoms with E-state index in [2.05, 4.69) is 41.4 Å². The van der Waals surface area contributed by atoms with Crippen molar-refractivity contribution in [3.05, 3.63) is 45.9 Å². The summed E-state index contributed by atoms with van der Waals surface area (Å²) in [4.78, 5) is 25.6. The van der Waals surface area contributed by atoms with Crippen LogP contribution in [0.25, 0.3) is 0 Å². The summed E-state index contributed by atoms with van der Waals surface area (Å²) >= 11 is 1.29. The van der Waals surface area contributed by atoms with E-state index in [1.807, 2.05) is 6.92 Å². The van der Waals surface area contributed by atoms with Crippen molar-refractivity contribution in [2.45, 2.75) is 44.9 Å². The van der Waals surface area contributed by atoms with Crippen molar-refractivity contribution >= 4 is 17.7 Å². The SMILES string of the molecule is CCCn1c(SCC(=O)N(C)Cc2ccc(CC)cc2)n[nH]c1=O. The van der Waals surface area contributed by atoms with Crippen molar-refractivity contribution in [2.24, 2.45) is 0 Å². The first kappa shape index (κ1) is 18.3. The lowest BCUT2D eigenvalue weighted by Gasteiger charge is -2.17. The van der Waals surface area contributed by atoms with Crippen LogP contribution in [0.1, 0.15) is 31.4 Å². The monoisotopic (exact) mass is 348 g/mol. The molecule has 0 aliphatic rings. The van der Waals surface area contributed by atoms with Crippen LogP contribution in [0, 0.1) is 0 Å². The highest BCUT2D eigenvalue weighted by Crippen LogP contribution is 2.15. The molecule has 1 N–H and O–H groups in total. The zero-order valence-corrected chi connectivity index (χ0v) is 15.2. The maximum absolute atomic E-state index is 12.3. The summed E-state index contributed by atoms with van der Waals surface area (Å²) in [5, 5.41) is 6.99. The first-order chi connectivity index (χ1) is 11.5. The molecule has 0 fully saturated rings. The lowest BCUT2D eigenvalue weighted by Crippen LogP contribution is -2.28. The van der Waals surface area contributed by atoms with Gasteiger partial charge in [-0.1, -0.05) is 49.9 Å². The molecule has 1 heterocycles. The van der Waals surface area contributed by atoms with Crippen molar-refractivity contribution < 1.29 is 4.79 Å². The number of nitrogens with one attached hydrogen (secondary N) is 1. The van der Waals surface area contributed by atoms with E-state index in [1.165, 1.54) is 17.3 Å². The molecule has 2 aromatic rings. The smallest absolute Gasteiger partial charge is 0.341 e. The molecule has 7 heteroatoms. The van der Waals surface area contributed by atoms with Gasteiger partial charge in [-0.05, 0) is 24.0 Å². The summed E-state index contributed by atoms with van der Waals surface area (Å²) < 4.78 is 1.57. The maximum Gasteiger partial charge on any atom is 0.343 e. The van der Waals surface area contributed by atoms with Gasteiger partial charge in [-0.2, -0.15) is 0 Å². The third-order valence-electron chi connectivity index (χ3n) is 3.77. The summed E-state index contributed by atoms with van der Waals surface area (Å²) in [7, 11) is 1.79. The number of benzene rings is 1. The van der Waals surface area contributed by atoms with Crippen LogP contribution in [0.4, 0.5) is 0 Å². The second kappa shape index (κ2) is 8.73. The summed E-state index contributed by atoms with van der Waals surface area (Å²) in [5.41, 5.74) is 2.17. The molecular weight excluding hydrogens is 324 g/mol. The van der Waals surface area contributed by atoms with E-state index in [9.17, 15) is 9.59 Å². The fraction of sp³-hybridized carbons (Fsp3) is 0.471. The Labute approximate surface area is 146 Å². The summed E-state index contributed by atoms with van der Waals surface area (Å²) in [6.45, 7) is 5.29. The predicted octanol–water partition coefficient (Wildman–Crippen LogP) is 2.29. The molecule has 0 spiro atoms. The number of amides is 1. The Morgan fingerprint density at radius 3 is 2.54 bits per heavy atom. The van der Waals surface area contributed by atoms with Gasteiger partial charge in [0, 0.05) is 20.1 Å². The molecule has 6 nitrogen and oxygen atoms in total. The molecule has 2 rings (SSSR count). The van der Waals surface area contributed by atoms with Crippen LogP contribution in [0.15, 0.2) is 34.2 Å². The third-order valence-corrected chi connectivity index (χ3v) is 4.73. The zero-order chi connectivity index (χ0) is 17.5. The number of nitrogens with zero attached hydrogens (tertiary/aromatic N) is 3. The van der Waals surface area contributed by atoms with Gasteiger partial charge < -0.3 is 4.90 Å². The number of carbonyl (C=O) groups excluding carboxylic acids is 1. The van der Waals surface area contributed by atoms with Gasteiger partial charge in [-0.25, -0.2) is 9.89 Å². The quantitative estimate of drug-likeness (QED) is 0.743. The van der Waals surface area contributed by atoms with Gasteiger partial charge in [0.15, 0.2) is 5.16 Å². The van der Waals surface area contributed by atoms with Crippen molar-refractivity contribution in [3.63, 3.8) is 0 Å². The molecular formula is C17H24N4O2S. The van der Waals surface area contributed by atoms with Crippen LogP contribution in [0.5, 0.6) is 0 Å². The number of aryl methyl sites for hydroxylation is 1. The average molecular weight is 348 g/mol. The molecule has 0 radical (unpaired) electrons. The van der Waals surface area contributed by atoms with Gasteiger partial charge in [0.05, 0.1) is 5.75 Å². The lowest BCUT2D eigenvalue weighted by molar-refractivity contribution is -0.127. The molecule has 1 aromatic heterocycles. The Morgan fingerprint density at radius 2 is 1.92 bits per heavy atom. The number of thioether (sulfide) groups is 1. The Bertz CT molecular complexity index is 721. The minimum absolute atomic E-state index is 0.0121. The summed E-state index contributed by atoms with van der Waals surface area (Å²) in [6, 6.07) is 8.30. The van der Waals surface area contributed by atoms with E-state index in [1.54, 1.807) is 16.5 Å². The Hall–Kier alpha value is -2.02. The number of aromatic amines is 1. The molecule has 0 saturated heterocycles. The lowest BCUT2D eigenvalue weighted by atomic mass is 10.1. The Balaban J connectivity index is 1.90. The third kappa shape index (κ3) is 4.74. The van der Waals surface area contributed by atoms with Gasteiger partial charge >= 0.3 is 5.69 Å². The summed E-state index contributed by atoms with van der Waals surface area (Å²) in [6.07, 6.45) is 1.85. The van der Waals surface area contributed by atoms with Crippen LogP contribution in [-0.4, -0.2) is 38.4 Å². The molecule has 0 aliphatic heterocycles. The normalized spacial score (nSPS) is 10.8. The fourth-order valence-electron chi connectivity index (χ4n) is 2.31. The highest BCUT2D eigenvalue weighted by Gasteiger charge is 2.14. The number of H-pyrrole nitrogens is 1. The summed E-state index contributed by atoms with van der Waals surface area (Å²) in [5.74, 6) is 0.274. The highest BCUT2D eigenvalue weighted by molar-refractivity contribution is 7.99. The van der Waals surface area contributed by atoms with Crippen LogP contribution >= 0.6 is 11.8 Å². The number of rotatable bonds is 8. The van der Waals surface area contributed by atoms with Crippen molar-refractivity contribution in [1.29, 1.82) is 0 Å². The number of aromatic nitrogens is 3. The van der Waals surface area contributed by atoms with Gasteiger partial charge in [0.2, 0.25) is 5.91 Å². The van der Waals surface area contributed by atoms with Gasteiger partial charge in [0.25, 0.3) is 0 Å². The topological polar surface area (TPSA) is 71.0 Å². The minimum atomic E-state index is -0.226. The van der Waals surface area contributed by atoms with Crippen LogP contribution in [-0.2, 0) is 24.3 Å². The van der Waals surface area contributed by atoms with Crippen molar-refractivity contribution in [3.8, 4) is 0 Å². The Morgan fingerprint density at radius 1 is 1.25 bits per heavy atom. The largest absolute Gasteiger partial charge is 0.343 e. The van der Waals surface area contributed by atoms with Crippen molar-refractivity contribution in [1.82, 2.24) is 19.7 Å². The van der Waals surface area contributed by atoms with Crippen molar-refractivity contribution in [2.75, 3.05) is 12.8 Å². The molecule has 0 saturated carbocycles. The maximum atomic E-state index is 12.3. The highest BCUT2D eigenvalue weighted by atomic mass is 32.2. The number of hydrogen-bond donors (Lipinski definition) is 1. The molecule has 1 aromatic carbocycles. The van der Waals surface area contributed by atoms with E-state index >= 15 is 0 Å². The first-order valence-corrected chi connectivity index (χ1v) is 9.13. The Kier molecular flexibility index (Phi) is 6.66. The molecule has 0 unspecified atom stereocenters. The van der Waals surface area contributed by atoms with E-state index in [4.69, 9.17) is 0 Å². The first-order valence-electron chi connectivity index (χ1n) is 8.14. The molecule has 0 atom stereocenters. The standard InChI is InChI=1S/C17H24N4O2S/c1-4-10-21-16(23)18-19-17(21)24-12-15(22)20(3)11-14-8-6-13(5-2)7-9-14/h6-9H,4-5,10-12H2,1-3H3,(H,18,23). The average Bonchev–Trinajstić information content (AvgIpc) is 2.94. The van der Waals surface area contributed by atoms with Crippen LogP contribution < -0.4 is 5.69 Å².